The summed E-state index contributed by atoms with van der Waals surface area (Å²) in [5.41, 5.74) is 2.41. The largest absolute Gasteiger partial charge is 0.391 e. The highest BCUT2D eigenvalue weighted by molar-refractivity contribution is 5.92. The summed E-state index contributed by atoms with van der Waals surface area (Å²) >= 11 is 0. The van der Waals surface area contributed by atoms with Crippen LogP contribution in [0.25, 0.3) is 0 Å². The number of nitrogens with zero attached hydrogens (tertiary/aromatic N) is 4. The second-order valence-electron chi connectivity index (χ2n) is 8.29. The molecule has 1 saturated heterocycles. The molecule has 4 atom stereocenters. The van der Waals surface area contributed by atoms with Crippen LogP contribution in [0.1, 0.15) is 22.0 Å². The van der Waals surface area contributed by atoms with Gasteiger partial charge in [-0.3, -0.25) is 14.5 Å². The van der Waals surface area contributed by atoms with Gasteiger partial charge in [0.05, 0.1) is 6.10 Å². The smallest absolute Gasteiger partial charge is 0.271 e. The van der Waals surface area contributed by atoms with Crippen LogP contribution in [0.5, 0.6) is 0 Å². The number of amides is 1. The molecule has 30 heavy (non-hydrogen) atoms. The van der Waals surface area contributed by atoms with Crippen LogP contribution in [0.2, 0.25) is 0 Å². The Balaban J connectivity index is 1.38. The normalized spacial score (nSPS) is 27.4. The van der Waals surface area contributed by atoms with E-state index in [-0.39, 0.29) is 23.2 Å². The average molecular weight is 403 g/mol. The van der Waals surface area contributed by atoms with E-state index in [1.807, 2.05) is 30.3 Å². The minimum Gasteiger partial charge on any atom is -0.391 e. The number of pyridine rings is 1. The average Bonchev–Trinajstić information content (AvgIpc) is 3.00. The predicted octanol–water partition coefficient (Wildman–Crippen LogP) is 1.83. The maximum Gasteiger partial charge on any atom is 0.271 e. The van der Waals surface area contributed by atoms with Crippen LogP contribution in [-0.2, 0) is 7.05 Å². The summed E-state index contributed by atoms with van der Waals surface area (Å²) in [6, 6.07) is 16.0. The zero-order valence-corrected chi connectivity index (χ0v) is 16.8. The van der Waals surface area contributed by atoms with Crippen molar-refractivity contribution in [1.82, 2.24) is 20.1 Å². The highest BCUT2D eigenvalue weighted by Gasteiger charge is 2.71. The maximum absolute atomic E-state index is 12.5. The SMILES string of the molecule is Cn1ccc(C(=O)NC[C@@H]2[C@@H](c3ccccc3)[C@]23CN(c2ccncc2)C[C@H]3O)n1. The lowest BCUT2D eigenvalue weighted by atomic mass is 9.95. The Hall–Kier alpha value is -3.19. The highest BCUT2D eigenvalue weighted by atomic mass is 16.3. The highest BCUT2D eigenvalue weighted by Crippen LogP contribution is 2.68. The van der Waals surface area contributed by atoms with Gasteiger partial charge in [-0.15, -0.1) is 0 Å². The number of carbonyl (C=O) groups is 1. The molecule has 3 heterocycles. The minimum absolute atomic E-state index is 0.161. The Morgan fingerprint density at radius 1 is 1.20 bits per heavy atom. The molecule has 1 amide bonds. The van der Waals surface area contributed by atoms with Gasteiger partial charge in [0.2, 0.25) is 0 Å². The summed E-state index contributed by atoms with van der Waals surface area (Å²) in [4.78, 5) is 18.9. The van der Waals surface area contributed by atoms with Crippen LogP contribution < -0.4 is 10.2 Å². The number of carbonyl (C=O) groups excluding carboxylic acids is 1. The van der Waals surface area contributed by atoms with Crippen molar-refractivity contribution in [2.24, 2.45) is 18.4 Å². The fraction of sp³-hybridized carbons (Fsp3) is 0.348. The Kier molecular flexibility index (Phi) is 4.55. The van der Waals surface area contributed by atoms with Gasteiger partial charge in [0.25, 0.3) is 5.91 Å². The molecular formula is C23H25N5O2. The van der Waals surface area contributed by atoms with Crippen molar-refractivity contribution < 1.29 is 9.90 Å². The van der Waals surface area contributed by atoms with E-state index in [9.17, 15) is 9.90 Å². The van der Waals surface area contributed by atoms with E-state index < -0.39 is 6.10 Å². The number of rotatable bonds is 5. The van der Waals surface area contributed by atoms with Gasteiger partial charge in [-0.2, -0.15) is 5.10 Å². The van der Waals surface area contributed by atoms with Crippen LogP contribution in [0, 0.1) is 11.3 Å². The van der Waals surface area contributed by atoms with E-state index in [0.29, 0.717) is 18.8 Å². The summed E-state index contributed by atoms with van der Waals surface area (Å²) in [6.45, 7) is 1.84. The molecule has 1 aromatic carbocycles. The first-order valence-electron chi connectivity index (χ1n) is 10.3. The second kappa shape index (κ2) is 7.25. The van der Waals surface area contributed by atoms with Gasteiger partial charge in [0, 0.05) is 56.4 Å². The quantitative estimate of drug-likeness (QED) is 0.679. The maximum atomic E-state index is 12.5. The van der Waals surface area contributed by atoms with Crippen molar-refractivity contribution in [1.29, 1.82) is 0 Å². The zero-order chi connectivity index (χ0) is 20.7. The van der Waals surface area contributed by atoms with Gasteiger partial charge in [-0.05, 0) is 35.6 Å². The lowest BCUT2D eigenvalue weighted by molar-refractivity contribution is 0.0934. The number of nitrogens with one attached hydrogen (secondary N) is 1. The molecule has 7 nitrogen and oxygen atoms in total. The van der Waals surface area contributed by atoms with Gasteiger partial charge in [-0.25, -0.2) is 0 Å². The van der Waals surface area contributed by atoms with E-state index in [2.05, 4.69) is 32.4 Å². The summed E-state index contributed by atoms with van der Waals surface area (Å²) in [6.07, 6.45) is 4.85. The van der Waals surface area contributed by atoms with E-state index in [1.54, 1.807) is 36.4 Å². The van der Waals surface area contributed by atoms with Crippen molar-refractivity contribution in [3.05, 3.63) is 78.4 Å². The fourth-order valence-electron chi connectivity index (χ4n) is 5.18. The van der Waals surface area contributed by atoms with Crippen LogP contribution in [0.3, 0.4) is 0 Å². The monoisotopic (exact) mass is 403 g/mol. The molecule has 0 bridgehead atoms. The van der Waals surface area contributed by atoms with Crippen molar-refractivity contribution in [3.8, 4) is 0 Å². The number of aliphatic hydroxyl groups is 1. The first-order valence-corrected chi connectivity index (χ1v) is 10.3. The predicted molar refractivity (Wildman–Crippen MR) is 113 cm³/mol. The lowest BCUT2D eigenvalue weighted by Crippen LogP contribution is -2.30. The van der Waals surface area contributed by atoms with Crippen molar-refractivity contribution in [2.45, 2.75) is 12.0 Å². The molecule has 2 N–H and O–H groups in total. The van der Waals surface area contributed by atoms with E-state index in [4.69, 9.17) is 0 Å². The fourth-order valence-corrected chi connectivity index (χ4v) is 5.18. The molecule has 1 saturated carbocycles. The van der Waals surface area contributed by atoms with E-state index >= 15 is 0 Å². The van der Waals surface area contributed by atoms with Gasteiger partial charge in [0.15, 0.2) is 0 Å². The second-order valence-corrected chi connectivity index (χ2v) is 8.29. The third-order valence-corrected chi connectivity index (χ3v) is 6.66. The molecule has 1 aliphatic heterocycles. The topological polar surface area (TPSA) is 83.3 Å². The van der Waals surface area contributed by atoms with Crippen LogP contribution in [0.4, 0.5) is 5.69 Å². The number of aliphatic hydroxyl groups excluding tert-OH is 1. The Morgan fingerprint density at radius 3 is 2.67 bits per heavy atom. The number of aryl methyl sites for hydroxylation is 1. The third-order valence-electron chi connectivity index (χ3n) is 6.66. The molecule has 2 aliphatic rings. The van der Waals surface area contributed by atoms with Crippen molar-refractivity contribution >= 4 is 11.6 Å². The van der Waals surface area contributed by atoms with Crippen LogP contribution >= 0.6 is 0 Å². The van der Waals surface area contributed by atoms with E-state index in [1.165, 1.54) is 5.56 Å². The van der Waals surface area contributed by atoms with Gasteiger partial charge in [0.1, 0.15) is 5.69 Å². The molecule has 2 fully saturated rings. The van der Waals surface area contributed by atoms with Crippen molar-refractivity contribution in [2.75, 3.05) is 24.5 Å². The molecular weight excluding hydrogens is 378 g/mol. The van der Waals surface area contributed by atoms with Crippen LogP contribution in [0.15, 0.2) is 67.1 Å². The van der Waals surface area contributed by atoms with Gasteiger partial charge < -0.3 is 15.3 Å². The standard InChI is InChI=1S/C23H25N5O2/c1-27-12-9-19(26-27)22(30)25-13-18-21(16-5-3-2-4-6-16)23(18)15-28(14-20(23)29)17-7-10-24-11-8-17/h2-12,18,20-21,29H,13-15H2,1H3,(H,25,30)/t18-,20-,21-,23-/m1/s1. The van der Waals surface area contributed by atoms with E-state index in [0.717, 1.165) is 12.2 Å². The molecule has 3 aromatic rings. The number of anilines is 1. The summed E-state index contributed by atoms with van der Waals surface area (Å²) in [7, 11) is 1.79. The first kappa shape index (κ1) is 18.8. The molecule has 0 radical (unpaired) electrons. The summed E-state index contributed by atoms with van der Waals surface area (Å²) in [5, 5.41) is 18.4. The molecule has 7 heteroatoms. The Labute approximate surface area is 175 Å². The van der Waals surface area contributed by atoms with Crippen LogP contribution in [-0.4, -0.2) is 51.5 Å². The van der Waals surface area contributed by atoms with Gasteiger partial charge in [-0.1, -0.05) is 30.3 Å². The molecule has 0 unspecified atom stereocenters. The summed E-state index contributed by atoms with van der Waals surface area (Å²) < 4.78 is 1.62. The number of aromatic nitrogens is 3. The minimum atomic E-state index is -0.465. The summed E-state index contributed by atoms with van der Waals surface area (Å²) in [5.74, 6) is 0.182. The number of hydrogen-bond acceptors (Lipinski definition) is 5. The number of benzene rings is 1. The lowest BCUT2D eigenvalue weighted by Gasteiger charge is -2.18. The Morgan fingerprint density at radius 2 is 1.97 bits per heavy atom. The molecule has 154 valence electrons. The van der Waals surface area contributed by atoms with Gasteiger partial charge >= 0.3 is 0 Å². The molecule has 2 aromatic heterocycles. The first-order chi connectivity index (χ1) is 14.6. The molecule has 5 rings (SSSR count). The number of hydrogen-bond donors (Lipinski definition) is 2. The van der Waals surface area contributed by atoms with Crippen molar-refractivity contribution in [3.63, 3.8) is 0 Å². The Bertz CT molecular complexity index is 1040. The number of β-amino-alcohol motifs (C(OH)–C–C–N with tert-alkyl or cyclic N) is 1. The zero-order valence-electron chi connectivity index (χ0n) is 16.8. The third kappa shape index (κ3) is 3.06. The molecule has 1 spiro atoms. The molecule has 1 aliphatic carbocycles.